The van der Waals surface area contributed by atoms with E-state index in [9.17, 15) is 4.79 Å². The van der Waals surface area contributed by atoms with Crippen molar-refractivity contribution in [3.63, 3.8) is 0 Å². The second-order valence-corrected chi connectivity index (χ2v) is 6.20. The van der Waals surface area contributed by atoms with Crippen molar-refractivity contribution in [2.24, 2.45) is 5.92 Å². The van der Waals surface area contributed by atoms with E-state index in [1.807, 2.05) is 16.8 Å². The van der Waals surface area contributed by atoms with Gasteiger partial charge in [0.1, 0.15) is 5.78 Å². The van der Waals surface area contributed by atoms with Crippen molar-refractivity contribution in [1.29, 1.82) is 0 Å². The van der Waals surface area contributed by atoms with Crippen molar-refractivity contribution >= 4 is 16.7 Å². The summed E-state index contributed by atoms with van der Waals surface area (Å²) in [6, 6.07) is 8.22. The molecule has 0 spiro atoms. The van der Waals surface area contributed by atoms with E-state index < -0.39 is 0 Å². The zero-order valence-corrected chi connectivity index (χ0v) is 12.8. The van der Waals surface area contributed by atoms with Crippen LogP contribution in [0.2, 0.25) is 0 Å². The molecule has 0 unspecified atom stereocenters. The molecule has 1 heterocycles. The van der Waals surface area contributed by atoms with Gasteiger partial charge < -0.3 is 0 Å². The Hall–Kier alpha value is -1.64. The second kappa shape index (κ2) is 6.42. The number of Topliss-reactive ketones (excluding diaryl/α,β-unsaturated/α-hetero) is 1. The minimum absolute atomic E-state index is 0.355. The first-order chi connectivity index (χ1) is 10.3. The number of ketones is 1. The summed E-state index contributed by atoms with van der Waals surface area (Å²) in [5, 5.41) is 5.77. The molecule has 1 aromatic heterocycles. The van der Waals surface area contributed by atoms with E-state index in [0.717, 1.165) is 29.6 Å². The lowest BCUT2D eigenvalue weighted by Gasteiger charge is -2.20. The third kappa shape index (κ3) is 3.17. The van der Waals surface area contributed by atoms with Crippen molar-refractivity contribution in [3.05, 3.63) is 30.0 Å². The Bertz CT molecular complexity index is 623. The number of para-hydroxylation sites is 1. The summed E-state index contributed by atoms with van der Waals surface area (Å²) in [7, 11) is 0. The molecule has 0 bridgehead atoms. The molecule has 1 saturated carbocycles. The van der Waals surface area contributed by atoms with E-state index in [1.54, 1.807) is 0 Å². The van der Waals surface area contributed by atoms with Crippen molar-refractivity contribution in [2.45, 2.75) is 58.4 Å². The summed E-state index contributed by atoms with van der Waals surface area (Å²) >= 11 is 0. The Kier molecular flexibility index (Phi) is 4.37. The van der Waals surface area contributed by atoms with Crippen molar-refractivity contribution in [3.8, 4) is 0 Å². The Morgan fingerprint density at radius 2 is 2.00 bits per heavy atom. The van der Waals surface area contributed by atoms with Crippen molar-refractivity contribution in [1.82, 2.24) is 9.78 Å². The standard InChI is InChI=1S/C18H24N2O/c1-2-20-18-11-7-6-10-16(18)17(19-20)13-15(21)12-14-8-4-3-5-9-14/h6-7,10-11,14H,2-5,8-9,12-13H2,1H3. The van der Waals surface area contributed by atoms with Gasteiger partial charge in [0.25, 0.3) is 0 Å². The van der Waals surface area contributed by atoms with Gasteiger partial charge in [0, 0.05) is 18.4 Å². The maximum atomic E-state index is 12.4. The van der Waals surface area contributed by atoms with Crippen LogP contribution in [0.4, 0.5) is 0 Å². The smallest absolute Gasteiger partial charge is 0.139 e. The summed E-state index contributed by atoms with van der Waals surface area (Å²) in [6.45, 7) is 2.93. The van der Waals surface area contributed by atoms with Gasteiger partial charge in [-0.15, -0.1) is 0 Å². The first kappa shape index (κ1) is 14.3. The van der Waals surface area contributed by atoms with Gasteiger partial charge in [-0.05, 0) is 18.9 Å². The van der Waals surface area contributed by atoms with Crippen LogP contribution in [0.3, 0.4) is 0 Å². The number of aryl methyl sites for hydroxylation is 1. The number of nitrogens with zero attached hydrogens (tertiary/aromatic N) is 2. The predicted molar refractivity (Wildman–Crippen MR) is 85.3 cm³/mol. The fraction of sp³-hybridized carbons (Fsp3) is 0.556. The van der Waals surface area contributed by atoms with Crippen LogP contribution in [0.15, 0.2) is 24.3 Å². The molecular formula is C18H24N2O. The Morgan fingerprint density at radius 3 is 2.76 bits per heavy atom. The molecule has 2 aromatic rings. The maximum absolute atomic E-state index is 12.4. The summed E-state index contributed by atoms with van der Waals surface area (Å²) in [6.07, 6.45) is 7.63. The summed E-state index contributed by atoms with van der Waals surface area (Å²) in [5.74, 6) is 0.971. The molecule has 1 fully saturated rings. The van der Waals surface area contributed by atoms with Gasteiger partial charge in [-0.1, -0.05) is 50.3 Å². The van der Waals surface area contributed by atoms with E-state index in [1.165, 1.54) is 32.1 Å². The number of benzene rings is 1. The maximum Gasteiger partial charge on any atom is 0.139 e. The zero-order chi connectivity index (χ0) is 14.7. The molecule has 112 valence electrons. The molecule has 0 atom stereocenters. The van der Waals surface area contributed by atoms with Crippen LogP contribution in [0.25, 0.3) is 10.9 Å². The number of hydrogen-bond donors (Lipinski definition) is 0. The lowest BCUT2D eigenvalue weighted by molar-refractivity contribution is -0.119. The van der Waals surface area contributed by atoms with Crippen molar-refractivity contribution < 1.29 is 4.79 Å². The van der Waals surface area contributed by atoms with Gasteiger partial charge in [-0.25, -0.2) is 0 Å². The molecule has 0 saturated heterocycles. The molecule has 3 heteroatoms. The number of carbonyl (C=O) groups is 1. The first-order valence-corrected chi connectivity index (χ1v) is 8.24. The van der Waals surface area contributed by atoms with Crippen LogP contribution >= 0.6 is 0 Å². The summed E-state index contributed by atoms with van der Waals surface area (Å²) < 4.78 is 2.00. The van der Waals surface area contributed by atoms with Gasteiger partial charge in [0.05, 0.1) is 17.6 Å². The molecule has 21 heavy (non-hydrogen) atoms. The highest BCUT2D eigenvalue weighted by Gasteiger charge is 2.19. The molecule has 3 rings (SSSR count). The van der Waals surface area contributed by atoms with Crippen LogP contribution in [0.5, 0.6) is 0 Å². The molecule has 0 N–H and O–H groups in total. The van der Waals surface area contributed by atoms with Gasteiger partial charge in [-0.3, -0.25) is 9.48 Å². The fourth-order valence-electron chi connectivity index (χ4n) is 3.54. The normalized spacial score (nSPS) is 16.4. The molecule has 0 aliphatic heterocycles. The van der Waals surface area contributed by atoms with E-state index in [4.69, 9.17) is 0 Å². The number of carbonyl (C=O) groups excluding carboxylic acids is 1. The molecule has 1 aliphatic carbocycles. The SMILES string of the molecule is CCn1nc(CC(=O)CC2CCCCC2)c2ccccc21. The molecule has 3 nitrogen and oxygen atoms in total. The first-order valence-electron chi connectivity index (χ1n) is 8.24. The fourth-order valence-corrected chi connectivity index (χ4v) is 3.54. The Labute approximate surface area is 126 Å². The number of fused-ring (bicyclic) bond motifs is 1. The number of rotatable bonds is 5. The minimum Gasteiger partial charge on any atom is -0.299 e. The van der Waals surface area contributed by atoms with Crippen LogP contribution in [0, 0.1) is 5.92 Å². The van der Waals surface area contributed by atoms with Crippen LogP contribution in [-0.2, 0) is 17.8 Å². The average molecular weight is 284 g/mol. The topological polar surface area (TPSA) is 34.9 Å². The molecule has 1 aromatic carbocycles. The van der Waals surface area contributed by atoms with Crippen LogP contribution in [0.1, 0.15) is 51.1 Å². The third-order valence-electron chi connectivity index (χ3n) is 4.64. The molecular weight excluding hydrogens is 260 g/mol. The third-order valence-corrected chi connectivity index (χ3v) is 4.64. The van der Waals surface area contributed by atoms with Gasteiger partial charge >= 0.3 is 0 Å². The minimum atomic E-state index is 0.355. The second-order valence-electron chi connectivity index (χ2n) is 6.20. The average Bonchev–Trinajstić information content (AvgIpc) is 2.86. The lowest BCUT2D eigenvalue weighted by atomic mass is 9.85. The van der Waals surface area contributed by atoms with Gasteiger partial charge in [0.15, 0.2) is 0 Å². The highest BCUT2D eigenvalue weighted by Crippen LogP contribution is 2.27. The summed E-state index contributed by atoms with van der Waals surface area (Å²) in [4.78, 5) is 12.4. The summed E-state index contributed by atoms with van der Waals surface area (Å²) in [5.41, 5.74) is 2.09. The number of hydrogen-bond acceptors (Lipinski definition) is 2. The molecule has 0 radical (unpaired) electrons. The van der Waals surface area contributed by atoms with Crippen LogP contribution in [-0.4, -0.2) is 15.6 Å². The van der Waals surface area contributed by atoms with Crippen molar-refractivity contribution in [2.75, 3.05) is 0 Å². The zero-order valence-electron chi connectivity index (χ0n) is 12.8. The van der Waals surface area contributed by atoms with Gasteiger partial charge in [-0.2, -0.15) is 5.10 Å². The lowest BCUT2D eigenvalue weighted by Crippen LogP contribution is -2.14. The van der Waals surface area contributed by atoms with Gasteiger partial charge in [0.2, 0.25) is 0 Å². The Balaban J connectivity index is 1.73. The molecule has 0 amide bonds. The van der Waals surface area contributed by atoms with E-state index in [0.29, 0.717) is 18.1 Å². The quantitative estimate of drug-likeness (QED) is 0.827. The largest absolute Gasteiger partial charge is 0.299 e. The van der Waals surface area contributed by atoms with E-state index >= 15 is 0 Å². The van der Waals surface area contributed by atoms with Crippen LogP contribution < -0.4 is 0 Å². The van der Waals surface area contributed by atoms with E-state index in [-0.39, 0.29) is 0 Å². The highest BCUT2D eigenvalue weighted by molar-refractivity contribution is 5.88. The highest BCUT2D eigenvalue weighted by atomic mass is 16.1. The Morgan fingerprint density at radius 1 is 1.24 bits per heavy atom. The monoisotopic (exact) mass is 284 g/mol. The predicted octanol–water partition coefficient (Wildman–Crippen LogP) is 4.14. The van der Waals surface area contributed by atoms with E-state index in [2.05, 4.69) is 24.2 Å². The molecule has 1 aliphatic rings. The number of aromatic nitrogens is 2.